The van der Waals surface area contributed by atoms with Crippen LogP contribution in [0.5, 0.6) is 0 Å². The summed E-state index contributed by atoms with van der Waals surface area (Å²) < 4.78 is 4.97. The molecule has 31 heavy (non-hydrogen) atoms. The van der Waals surface area contributed by atoms with Gasteiger partial charge < -0.3 is 15.2 Å². The molecule has 2 amide bonds. The van der Waals surface area contributed by atoms with Gasteiger partial charge in [0.2, 0.25) is 17.6 Å². The number of thiazole rings is 1. The Kier molecular flexibility index (Phi) is 6.76. The number of amides is 2. The Morgan fingerprint density at radius 2 is 1.90 bits per heavy atom. The molecule has 0 saturated carbocycles. The van der Waals surface area contributed by atoms with Crippen molar-refractivity contribution < 1.29 is 14.1 Å². The Bertz CT molecular complexity index is 1120. The summed E-state index contributed by atoms with van der Waals surface area (Å²) in [5.74, 6) is 0.194. The molecule has 0 bridgehead atoms. The van der Waals surface area contributed by atoms with Crippen molar-refractivity contribution in [3.63, 3.8) is 0 Å². The summed E-state index contributed by atoms with van der Waals surface area (Å²) in [6, 6.07) is 4.82. The number of carbonyl (C=O) groups is 2. The van der Waals surface area contributed by atoms with Crippen molar-refractivity contribution in [2.75, 3.05) is 11.9 Å². The molecule has 10 heteroatoms. The van der Waals surface area contributed by atoms with Gasteiger partial charge in [-0.2, -0.15) is 4.98 Å². The molecule has 2 N–H and O–H groups in total. The first kappa shape index (κ1) is 22.9. The lowest BCUT2D eigenvalue weighted by atomic mass is 9.94. The maximum atomic E-state index is 12.5. The van der Waals surface area contributed by atoms with Crippen LogP contribution in [0.25, 0.3) is 11.4 Å². The van der Waals surface area contributed by atoms with Crippen LogP contribution in [-0.4, -0.2) is 33.5 Å². The molecule has 8 nitrogen and oxygen atoms in total. The van der Waals surface area contributed by atoms with E-state index in [0.717, 1.165) is 10.6 Å². The smallest absolute Gasteiger partial charge is 0.251 e. The molecule has 0 radical (unpaired) electrons. The number of aryl methyl sites for hydroxylation is 2. The molecule has 0 aliphatic carbocycles. The number of carbonyl (C=O) groups excluding carboxylic acids is 2. The van der Waals surface area contributed by atoms with E-state index in [1.54, 1.807) is 25.1 Å². The predicted molar refractivity (Wildman–Crippen MR) is 121 cm³/mol. The Morgan fingerprint density at radius 1 is 1.16 bits per heavy atom. The normalized spacial score (nSPS) is 11.4. The summed E-state index contributed by atoms with van der Waals surface area (Å²) in [5.41, 5.74) is 1.79. The summed E-state index contributed by atoms with van der Waals surface area (Å²) in [5, 5.41) is 10.3. The summed E-state index contributed by atoms with van der Waals surface area (Å²) in [7, 11) is 0. The Hall–Kier alpha value is -2.78. The van der Waals surface area contributed by atoms with Gasteiger partial charge in [-0.3, -0.25) is 9.59 Å². The maximum absolute atomic E-state index is 12.5. The average Bonchev–Trinajstić information content (AvgIpc) is 3.26. The molecule has 2 aromatic heterocycles. The lowest BCUT2D eigenvalue weighted by molar-refractivity contribution is -0.116. The van der Waals surface area contributed by atoms with E-state index in [2.05, 4.69) is 46.5 Å². The molecule has 164 valence electrons. The number of hydrogen-bond donors (Lipinski definition) is 2. The van der Waals surface area contributed by atoms with Gasteiger partial charge >= 0.3 is 0 Å². The zero-order chi connectivity index (χ0) is 22.8. The predicted octanol–water partition coefficient (Wildman–Crippen LogP) is 4.52. The van der Waals surface area contributed by atoms with Gasteiger partial charge in [0, 0.05) is 40.9 Å². The van der Waals surface area contributed by atoms with Gasteiger partial charge in [-0.05, 0) is 30.5 Å². The summed E-state index contributed by atoms with van der Waals surface area (Å²) in [6.45, 7) is 10.1. The van der Waals surface area contributed by atoms with E-state index in [4.69, 9.17) is 16.1 Å². The van der Waals surface area contributed by atoms with Crippen LogP contribution in [0.2, 0.25) is 5.02 Å². The minimum atomic E-state index is -0.350. The van der Waals surface area contributed by atoms with Crippen LogP contribution in [0.3, 0.4) is 0 Å². The minimum absolute atomic E-state index is 0.0330. The molecule has 0 fully saturated rings. The fourth-order valence-electron chi connectivity index (χ4n) is 2.99. The molecular formula is C21H24ClN5O3S. The topological polar surface area (TPSA) is 110 Å². The van der Waals surface area contributed by atoms with Gasteiger partial charge in [0.1, 0.15) is 0 Å². The maximum Gasteiger partial charge on any atom is 0.251 e. The average molecular weight is 462 g/mol. The van der Waals surface area contributed by atoms with Crippen LogP contribution in [0.4, 0.5) is 5.13 Å². The summed E-state index contributed by atoms with van der Waals surface area (Å²) in [6.07, 6.45) is 0.118. The van der Waals surface area contributed by atoms with E-state index in [-0.39, 0.29) is 30.2 Å². The second kappa shape index (κ2) is 9.15. The second-order valence-electron chi connectivity index (χ2n) is 8.10. The number of rotatable bonds is 6. The number of benzene rings is 1. The molecule has 0 spiro atoms. The quantitative estimate of drug-likeness (QED) is 0.558. The van der Waals surface area contributed by atoms with Crippen LogP contribution in [0, 0.1) is 13.8 Å². The molecule has 1 aromatic carbocycles. The first-order valence-electron chi connectivity index (χ1n) is 9.70. The molecule has 0 saturated heterocycles. The van der Waals surface area contributed by atoms with Crippen molar-refractivity contribution in [3.05, 3.63) is 45.2 Å². The lowest BCUT2D eigenvalue weighted by Gasteiger charge is -2.16. The monoisotopic (exact) mass is 461 g/mol. The van der Waals surface area contributed by atoms with Gasteiger partial charge in [0.25, 0.3) is 5.91 Å². The van der Waals surface area contributed by atoms with Crippen molar-refractivity contribution in [3.8, 4) is 11.4 Å². The number of anilines is 1. The van der Waals surface area contributed by atoms with E-state index in [1.807, 2.05) is 6.92 Å². The number of hydrogen-bond acceptors (Lipinski definition) is 7. The van der Waals surface area contributed by atoms with Crippen LogP contribution in [0.15, 0.2) is 22.7 Å². The standard InChI is InChI=1S/C21H24ClN5O3S/c1-11-17(21(3,4)5)31-20(24-11)26-16(28)6-7-23-19(29)14-8-13(9-15(22)10-14)18-25-12(2)30-27-18/h8-10H,6-7H2,1-5H3,(H,23,29)(H,24,26,28). The van der Waals surface area contributed by atoms with Crippen molar-refractivity contribution in [1.82, 2.24) is 20.4 Å². The van der Waals surface area contributed by atoms with Crippen LogP contribution >= 0.6 is 22.9 Å². The largest absolute Gasteiger partial charge is 0.352 e. The highest BCUT2D eigenvalue weighted by Crippen LogP contribution is 2.33. The van der Waals surface area contributed by atoms with Gasteiger partial charge in [-0.1, -0.05) is 37.5 Å². The lowest BCUT2D eigenvalue weighted by Crippen LogP contribution is -2.27. The van der Waals surface area contributed by atoms with Crippen molar-refractivity contribution in [2.45, 2.75) is 46.5 Å². The fourth-order valence-corrected chi connectivity index (χ4v) is 4.26. The SMILES string of the molecule is Cc1nc(-c2cc(Cl)cc(C(=O)NCCC(=O)Nc3nc(C)c(C(C)(C)C)s3)c2)no1. The zero-order valence-corrected chi connectivity index (χ0v) is 19.6. The van der Waals surface area contributed by atoms with E-state index in [9.17, 15) is 9.59 Å². The number of halogens is 1. The van der Waals surface area contributed by atoms with E-state index >= 15 is 0 Å². The molecule has 0 aliphatic rings. The third kappa shape index (κ3) is 5.89. The third-order valence-electron chi connectivity index (χ3n) is 4.31. The van der Waals surface area contributed by atoms with Crippen molar-refractivity contribution in [2.24, 2.45) is 0 Å². The van der Waals surface area contributed by atoms with E-state index in [1.165, 1.54) is 11.3 Å². The molecular weight excluding hydrogens is 438 g/mol. The van der Waals surface area contributed by atoms with Crippen LogP contribution < -0.4 is 10.6 Å². The second-order valence-corrected chi connectivity index (χ2v) is 9.54. The van der Waals surface area contributed by atoms with Crippen LogP contribution in [0.1, 0.15) is 54.0 Å². The highest BCUT2D eigenvalue weighted by atomic mass is 35.5. The first-order chi connectivity index (χ1) is 14.5. The van der Waals surface area contributed by atoms with Gasteiger partial charge in [-0.25, -0.2) is 4.98 Å². The summed E-state index contributed by atoms with van der Waals surface area (Å²) in [4.78, 5) is 34.5. The van der Waals surface area contributed by atoms with Crippen molar-refractivity contribution >= 4 is 39.9 Å². The first-order valence-corrected chi connectivity index (χ1v) is 10.9. The third-order valence-corrected chi connectivity index (χ3v) is 6.02. The number of nitrogens with zero attached hydrogens (tertiary/aromatic N) is 3. The Balaban J connectivity index is 1.57. The van der Waals surface area contributed by atoms with Gasteiger partial charge in [-0.15, -0.1) is 11.3 Å². The minimum Gasteiger partial charge on any atom is -0.352 e. The van der Waals surface area contributed by atoms with E-state index < -0.39 is 0 Å². The number of nitrogens with one attached hydrogen (secondary N) is 2. The van der Waals surface area contributed by atoms with Gasteiger partial charge in [0.15, 0.2) is 5.13 Å². The highest BCUT2D eigenvalue weighted by molar-refractivity contribution is 7.16. The van der Waals surface area contributed by atoms with E-state index in [0.29, 0.717) is 33.0 Å². The molecule has 3 aromatic rings. The molecule has 0 aliphatic heterocycles. The number of aromatic nitrogens is 3. The Morgan fingerprint density at radius 3 is 2.52 bits per heavy atom. The van der Waals surface area contributed by atoms with Crippen molar-refractivity contribution in [1.29, 1.82) is 0 Å². The zero-order valence-electron chi connectivity index (χ0n) is 18.0. The van der Waals surface area contributed by atoms with Gasteiger partial charge in [0.05, 0.1) is 5.69 Å². The molecule has 3 rings (SSSR count). The highest BCUT2D eigenvalue weighted by Gasteiger charge is 2.21. The van der Waals surface area contributed by atoms with Crippen LogP contribution in [-0.2, 0) is 10.2 Å². The molecule has 0 unspecified atom stereocenters. The molecule has 2 heterocycles. The Labute approximate surface area is 189 Å². The summed E-state index contributed by atoms with van der Waals surface area (Å²) >= 11 is 7.61. The fraction of sp³-hybridized carbons (Fsp3) is 0.381. The molecule has 0 atom stereocenters.